The van der Waals surface area contributed by atoms with E-state index in [1.807, 2.05) is 4.90 Å². The van der Waals surface area contributed by atoms with Gasteiger partial charge in [0.1, 0.15) is 0 Å². The zero-order valence-corrected chi connectivity index (χ0v) is 10.3. The van der Waals surface area contributed by atoms with Crippen LogP contribution in [-0.2, 0) is 4.74 Å². The van der Waals surface area contributed by atoms with Crippen LogP contribution in [0.5, 0.6) is 0 Å². The van der Waals surface area contributed by atoms with E-state index in [2.05, 4.69) is 10.2 Å². The van der Waals surface area contributed by atoms with E-state index in [-0.39, 0.29) is 12.0 Å². The third-order valence-electron chi connectivity index (χ3n) is 3.03. The van der Waals surface area contributed by atoms with Gasteiger partial charge in [-0.3, -0.25) is 4.79 Å². The Labute approximate surface area is 106 Å². The molecular formula is C12H18N4O2. The molecule has 0 saturated carbocycles. The summed E-state index contributed by atoms with van der Waals surface area (Å²) in [5.74, 6) is 0.0159. The molecule has 0 atom stereocenters. The highest BCUT2D eigenvalue weighted by atomic mass is 16.5. The first-order valence-corrected chi connectivity index (χ1v) is 6.19. The van der Waals surface area contributed by atoms with E-state index in [9.17, 15) is 4.79 Å². The first-order valence-electron chi connectivity index (χ1n) is 6.19. The van der Waals surface area contributed by atoms with Crippen LogP contribution in [0.3, 0.4) is 0 Å². The standard InChI is InChI=1S/C12H18N4O2/c13-4-8-18-11-2-6-16(7-3-11)12(17)10-1-5-14-15-9-10/h1,5,9,11H,2-4,6-8,13H2. The molecule has 0 unspecified atom stereocenters. The average Bonchev–Trinajstić information content (AvgIpc) is 2.46. The summed E-state index contributed by atoms with van der Waals surface area (Å²) < 4.78 is 5.58. The van der Waals surface area contributed by atoms with Gasteiger partial charge >= 0.3 is 0 Å². The van der Waals surface area contributed by atoms with Gasteiger partial charge in [0, 0.05) is 19.6 Å². The Morgan fingerprint density at radius 3 is 2.83 bits per heavy atom. The fourth-order valence-corrected chi connectivity index (χ4v) is 2.06. The van der Waals surface area contributed by atoms with Crippen molar-refractivity contribution in [3.8, 4) is 0 Å². The van der Waals surface area contributed by atoms with Crippen LogP contribution in [0.2, 0.25) is 0 Å². The molecule has 6 heteroatoms. The van der Waals surface area contributed by atoms with Gasteiger partial charge in [-0.2, -0.15) is 10.2 Å². The lowest BCUT2D eigenvalue weighted by Crippen LogP contribution is -2.41. The van der Waals surface area contributed by atoms with Gasteiger partial charge in [0.05, 0.1) is 30.7 Å². The number of aromatic nitrogens is 2. The maximum Gasteiger partial charge on any atom is 0.255 e. The number of nitrogens with two attached hydrogens (primary N) is 1. The van der Waals surface area contributed by atoms with Crippen LogP contribution in [0, 0.1) is 0 Å². The largest absolute Gasteiger partial charge is 0.377 e. The molecule has 0 spiro atoms. The highest BCUT2D eigenvalue weighted by molar-refractivity contribution is 5.93. The van der Waals surface area contributed by atoms with Crippen LogP contribution in [0.1, 0.15) is 23.2 Å². The maximum absolute atomic E-state index is 12.1. The summed E-state index contributed by atoms with van der Waals surface area (Å²) in [6, 6.07) is 1.69. The minimum absolute atomic E-state index is 0.0159. The Kier molecular flexibility index (Phi) is 4.60. The van der Waals surface area contributed by atoms with Crippen LogP contribution < -0.4 is 5.73 Å². The van der Waals surface area contributed by atoms with Crippen molar-refractivity contribution >= 4 is 5.91 Å². The zero-order valence-electron chi connectivity index (χ0n) is 10.3. The molecule has 1 fully saturated rings. The van der Waals surface area contributed by atoms with E-state index in [0.717, 1.165) is 25.9 Å². The molecule has 0 bridgehead atoms. The molecule has 1 aromatic heterocycles. The van der Waals surface area contributed by atoms with Crippen molar-refractivity contribution in [2.24, 2.45) is 5.73 Å². The fourth-order valence-electron chi connectivity index (χ4n) is 2.06. The second-order valence-electron chi connectivity index (χ2n) is 4.28. The van der Waals surface area contributed by atoms with Crippen molar-refractivity contribution in [3.63, 3.8) is 0 Å². The van der Waals surface area contributed by atoms with Gasteiger partial charge in [0.15, 0.2) is 0 Å². The van der Waals surface area contributed by atoms with Crippen LogP contribution >= 0.6 is 0 Å². The summed E-state index contributed by atoms with van der Waals surface area (Å²) in [7, 11) is 0. The van der Waals surface area contributed by atoms with Crippen molar-refractivity contribution in [1.82, 2.24) is 15.1 Å². The smallest absolute Gasteiger partial charge is 0.255 e. The van der Waals surface area contributed by atoms with Gasteiger partial charge in [-0.15, -0.1) is 0 Å². The number of carbonyl (C=O) groups is 1. The molecule has 98 valence electrons. The Balaban J connectivity index is 1.84. The van der Waals surface area contributed by atoms with Gasteiger partial charge in [0.25, 0.3) is 5.91 Å². The zero-order chi connectivity index (χ0) is 12.8. The Morgan fingerprint density at radius 1 is 1.44 bits per heavy atom. The number of hydrogen-bond acceptors (Lipinski definition) is 5. The molecule has 18 heavy (non-hydrogen) atoms. The highest BCUT2D eigenvalue weighted by Gasteiger charge is 2.23. The molecule has 6 nitrogen and oxygen atoms in total. The monoisotopic (exact) mass is 250 g/mol. The summed E-state index contributed by atoms with van der Waals surface area (Å²) in [6.45, 7) is 2.57. The van der Waals surface area contributed by atoms with E-state index >= 15 is 0 Å². The van der Waals surface area contributed by atoms with E-state index in [4.69, 9.17) is 10.5 Å². The predicted molar refractivity (Wildman–Crippen MR) is 66.0 cm³/mol. The number of amides is 1. The van der Waals surface area contributed by atoms with Gasteiger partial charge in [-0.05, 0) is 18.9 Å². The highest BCUT2D eigenvalue weighted by Crippen LogP contribution is 2.15. The third-order valence-corrected chi connectivity index (χ3v) is 3.03. The van der Waals surface area contributed by atoms with Crippen molar-refractivity contribution in [1.29, 1.82) is 0 Å². The molecule has 1 aromatic rings. The molecule has 1 amide bonds. The van der Waals surface area contributed by atoms with Crippen molar-refractivity contribution in [2.45, 2.75) is 18.9 Å². The Hall–Kier alpha value is -1.53. The number of piperidine rings is 1. The first kappa shape index (κ1) is 12.9. The number of carbonyl (C=O) groups excluding carboxylic acids is 1. The van der Waals surface area contributed by atoms with Crippen molar-refractivity contribution < 1.29 is 9.53 Å². The van der Waals surface area contributed by atoms with Crippen LogP contribution in [-0.4, -0.2) is 53.3 Å². The quantitative estimate of drug-likeness (QED) is 0.817. The molecule has 0 aliphatic carbocycles. The summed E-state index contributed by atoms with van der Waals surface area (Å²) in [5, 5.41) is 7.39. The summed E-state index contributed by atoms with van der Waals surface area (Å²) in [5.41, 5.74) is 5.98. The SMILES string of the molecule is NCCOC1CCN(C(=O)c2ccnnc2)CC1. The van der Waals surface area contributed by atoms with Gasteiger partial charge in [-0.25, -0.2) is 0 Å². The number of likely N-dealkylation sites (tertiary alicyclic amines) is 1. The minimum Gasteiger partial charge on any atom is -0.377 e. The molecule has 1 aliphatic heterocycles. The maximum atomic E-state index is 12.1. The predicted octanol–water partition coefficient (Wildman–Crippen LogP) is 0.0565. The second kappa shape index (κ2) is 6.42. The van der Waals surface area contributed by atoms with Gasteiger partial charge in [0.2, 0.25) is 0 Å². The molecule has 0 aromatic carbocycles. The summed E-state index contributed by atoms with van der Waals surface area (Å²) in [6.07, 6.45) is 4.99. The Morgan fingerprint density at radius 2 is 2.22 bits per heavy atom. The van der Waals surface area contributed by atoms with Crippen molar-refractivity contribution in [2.75, 3.05) is 26.2 Å². The molecule has 2 N–H and O–H groups in total. The third kappa shape index (κ3) is 3.24. The molecular weight excluding hydrogens is 232 g/mol. The average molecular weight is 250 g/mol. The lowest BCUT2D eigenvalue weighted by Gasteiger charge is -2.31. The molecule has 1 aliphatic rings. The van der Waals surface area contributed by atoms with Crippen LogP contribution in [0.25, 0.3) is 0 Å². The topological polar surface area (TPSA) is 81.3 Å². The fraction of sp³-hybridized carbons (Fsp3) is 0.583. The normalized spacial score (nSPS) is 16.8. The van der Waals surface area contributed by atoms with E-state index < -0.39 is 0 Å². The van der Waals surface area contributed by atoms with E-state index in [0.29, 0.717) is 18.7 Å². The minimum atomic E-state index is 0.0159. The Bertz CT molecular complexity index is 377. The van der Waals surface area contributed by atoms with Crippen LogP contribution in [0.15, 0.2) is 18.5 Å². The number of hydrogen-bond donors (Lipinski definition) is 1. The second-order valence-corrected chi connectivity index (χ2v) is 4.28. The first-order chi connectivity index (χ1) is 8.81. The molecule has 2 heterocycles. The van der Waals surface area contributed by atoms with Crippen molar-refractivity contribution in [3.05, 3.63) is 24.0 Å². The van der Waals surface area contributed by atoms with Gasteiger partial charge < -0.3 is 15.4 Å². The lowest BCUT2D eigenvalue weighted by molar-refractivity contribution is 0.0121. The molecule has 1 saturated heterocycles. The van der Waals surface area contributed by atoms with Gasteiger partial charge in [-0.1, -0.05) is 0 Å². The van der Waals surface area contributed by atoms with E-state index in [1.165, 1.54) is 12.4 Å². The van der Waals surface area contributed by atoms with Crippen LogP contribution in [0.4, 0.5) is 0 Å². The molecule has 2 rings (SSSR count). The number of ether oxygens (including phenoxy) is 1. The number of nitrogens with zero attached hydrogens (tertiary/aromatic N) is 3. The lowest BCUT2D eigenvalue weighted by atomic mass is 10.1. The van der Waals surface area contributed by atoms with E-state index in [1.54, 1.807) is 6.07 Å². The summed E-state index contributed by atoms with van der Waals surface area (Å²) >= 11 is 0. The molecule has 0 radical (unpaired) electrons. The number of rotatable bonds is 4. The summed E-state index contributed by atoms with van der Waals surface area (Å²) in [4.78, 5) is 14.0.